The van der Waals surface area contributed by atoms with Crippen LogP contribution in [-0.4, -0.2) is 22.3 Å². The average Bonchev–Trinajstić information content (AvgIpc) is 2.25. The average molecular weight is 213 g/mol. The molecule has 0 atom stereocenters. The van der Waals surface area contributed by atoms with Crippen molar-refractivity contribution in [2.75, 3.05) is 0 Å². The van der Waals surface area contributed by atoms with Gasteiger partial charge in [0.05, 0.1) is 5.60 Å². The van der Waals surface area contributed by atoms with Crippen LogP contribution in [0.5, 0.6) is 0 Å². The van der Waals surface area contributed by atoms with E-state index in [2.05, 4.69) is 0 Å². The predicted octanol–water partition coefficient (Wildman–Crippen LogP) is 0.156. The maximum absolute atomic E-state index is 9.96. The van der Waals surface area contributed by atoms with E-state index >= 15 is 0 Å². The topological polar surface area (TPSA) is 60.7 Å². The van der Waals surface area contributed by atoms with E-state index in [0.717, 1.165) is 6.07 Å². The number of benzene rings is 1. The highest BCUT2D eigenvalue weighted by atomic mass is 16.4. The monoisotopic (exact) mass is 213 g/mol. The zero-order valence-corrected chi connectivity index (χ0v) is 8.65. The minimum absolute atomic E-state index is 0.0762. The van der Waals surface area contributed by atoms with Gasteiger partial charge in [-0.2, -0.15) is 0 Å². The van der Waals surface area contributed by atoms with Crippen molar-refractivity contribution in [2.45, 2.75) is 32.7 Å². The summed E-state index contributed by atoms with van der Waals surface area (Å²) < 4.78 is 37.2. The van der Waals surface area contributed by atoms with Gasteiger partial charge in [-0.25, -0.2) is 0 Å². The normalized spacial score (nSPS) is 18.3. The van der Waals surface area contributed by atoms with Crippen LogP contribution in [0.2, 0.25) is 0 Å². The smallest absolute Gasteiger partial charge is 0.423 e. The van der Waals surface area contributed by atoms with Gasteiger partial charge in [0.25, 0.3) is 0 Å². The zero-order valence-electron chi connectivity index (χ0n) is 13.7. The first-order chi connectivity index (χ1) is 8.76. The third-order valence-electron chi connectivity index (χ3n) is 2.10. The summed E-state index contributed by atoms with van der Waals surface area (Å²) in [5.74, 6) is 0. The molecule has 0 aliphatic carbocycles. The fourth-order valence-corrected chi connectivity index (χ4v) is 1.23. The molecule has 82 valence electrons. The van der Waals surface area contributed by atoms with Gasteiger partial charge in [-0.1, -0.05) is 25.1 Å². The molecule has 0 spiro atoms. The van der Waals surface area contributed by atoms with Crippen molar-refractivity contribution in [3.8, 4) is 0 Å². The summed E-state index contributed by atoms with van der Waals surface area (Å²) in [4.78, 5) is 0. The molecule has 0 aromatic heterocycles. The summed E-state index contributed by atoms with van der Waals surface area (Å²) in [6.07, 6.45) is -2.67. The van der Waals surface area contributed by atoms with Crippen LogP contribution < -0.4 is 5.46 Å². The second-order valence-corrected chi connectivity index (χ2v) is 3.90. The number of hydrogen-bond donors (Lipinski definition) is 3. The van der Waals surface area contributed by atoms with Gasteiger partial charge in [0.15, 0.2) is 0 Å². The summed E-state index contributed by atoms with van der Waals surface area (Å²) in [5, 5.41) is 28.4. The van der Waals surface area contributed by atoms with Crippen molar-refractivity contribution in [1.29, 1.82) is 0 Å². The van der Waals surface area contributed by atoms with E-state index in [1.807, 2.05) is 0 Å². The molecular formula is C11H17BO3. The van der Waals surface area contributed by atoms with E-state index in [9.17, 15) is 15.2 Å². The summed E-state index contributed by atoms with van der Waals surface area (Å²) in [6.45, 7) is -0.0436. The molecule has 0 amide bonds. The van der Waals surface area contributed by atoms with Crippen LogP contribution in [0.25, 0.3) is 0 Å². The van der Waals surface area contributed by atoms with E-state index in [1.165, 1.54) is 26.0 Å². The standard InChI is InChI=1S/C11H17BO3/c1-4-8-5-9(11(2,3)13)7-10(6-8)12(14)15/h5-7,13-15H,4H2,1-3H3/i1D3,4D2. The highest BCUT2D eigenvalue weighted by Gasteiger charge is 2.20. The molecule has 4 heteroatoms. The summed E-state index contributed by atoms with van der Waals surface area (Å²) in [5.41, 5.74) is -1.48. The van der Waals surface area contributed by atoms with Crippen molar-refractivity contribution < 1.29 is 22.0 Å². The lowest BCUT2D eigenvalue weighted by Gasteiger charge is -2.20. The Morgan fingerprint density at radius 2 is 2.07 bits per heavy atom. The number of rotatable bonds is 3. The molecule has 0 saturated heterocycles. The van der Waals surface area contributed by atoms with Crippen LogP contribution in [0.4, 0.5) is 0 Å². The van der Waals surface area contributed by atoms with Gasteiger partial charge in [-0.3, -0.25) is 0 Å². The highest BCUT2D eigenvalue weighted by molar-refractivity contribution is 6.58. The Balaban J connectivity index is 3.52. The van der Waals surface area contributed by atoms with Crippen molar-refractivity contribution in [2.24, 2.45) is 0 Å². The first-order valence-electron chi connectivity index (χ1n) is 7.01. The first-order valence-corrected chi connectivity index (χ1v) is 4.51. The van der Waals surface area contributed by atoms with Gasteiger partial charge < -0.3 is 15.2 Å². The van der Waals surface area contributed by atoms with E-state index in [1.54, 1.807) is 0 Å². The lowest BCUT2D eigenvalue weighted by Crippen LogP contribution is -2.32. The molecule has 0 bridgehead atoms. The van der Waals surface area contributed by atoms with Gasteiger partial charge in [0, 0.05) is 6.85 Å². The van der Waals surface area contributed by atoms with Gasteiger partial charge in [0.2, 0.25) is 0 Å². The van der Waals surface area contributed by atoms with E-state index in [0.29, 0.717) is 0 Å². The largest absolute Gasteiger partial charge is 0.488 e. The fourth-order valence-electron chi connectivity index (χ4n) is 1.23. The minimum Gasteiger partial charge on any atom is -0.423 e. The van der Waals surface area contributed by atoms with Gasteiger partial charge in [-0.15, -0.1) is 0 Å². The molecule has 1 rings (SSSR count). The van der Waals surface area contributed by atoms with Crippen molar-refractivity contribution >= 4 is 12.6 Å². The number of hydrogen-bond acceptors (Lipinski definition) is 3. The minimum atomic E-state index is -2.91. The van der Waals surface area contributed by atoms with Crippen LogP contribution in [0, 0.1) is 0 Å². The zero-order chi connectivity index (χ0) is 15.9. The maximum atomic E-state index is 9.96. The Kier molecular flexibility index (Phi) is 1.94. The highest BCUT2D eigenvalue weighted by Crippen LogP contribution is 2.19. The molecule has 0 saturated carbocycles. The number of aliphatic hydroxyl groups is 1. The van der Waals surface area contributed by atoms with Crippen LogP contribution in [0.1, 0.15) is 38.7 Å². The quantitative estimate of drug-likeness (QED) is 0.626. The predicted molar refractivity (Wildman–Crippen MR) is 60.9 cm³/mol. The molecule has 0 aliphatic heterocycles. The molecule has 0 aliphatic rings. The molecule has 0 radical (unpaired) electrons. The second kappa shape index (κ2) is 4.35. The van der Waals surface area contributed by atoms with Crippen LogP contribution in [0.3, 0.4) is 0 Å². The van der Waals surface area contributed by atoms with Crippen molar-refractivity contribution in [1.82, 2.24) is 0 Å². The molecule has 0 heterocycles. The van der Waals surface area contributed by atoms with Crippen LogP contribution in [0.15, 0.2) is 18.2 Å². The Morgan fingerprint density at radius 1 is 1.40 bits per heavy atom. The van der Waals surface area contributed by atoms with Gasteiger partial charge in [0.1, 0.15) is 0 Å². The molecule has 15 heavy (non-hydrogen) atoms. The molecule has 3 N–H and O–H groups in total. The lowest BCUT2D eigenvalue weighted by molar-refractivity contribution is 0.0786. The summed E-state index contributed by atoms with van der Waals surface area (Å²) in [6, 6.07) is 3.59. The van der Waals surface area contributed by atoms with Crippen LogP contribution >= 0.6 is 0 Å². The lowest BCUT2D eigenvalue weighted by atomic mass is 9.77. The molecule has 3 nitrogen and oxygen atoms in total. The maximum Gasteiger partial charge on any atom is 0.488 e. The van der Waals surface area contributed by atoms with E-state index in [-0.39, 0.29) is 16.6 Å². The van der Waals surface area contributed by atoms with E-state index < -0.39 is 25.9 Å². The molecule has 1 aromatic carbocycles. The van der Waals surface area contributed by atoms with Gasteiger partial charge >= 0.3 is 7.12 Å². The molecule has 0 fully saturated rings. The second-order valence-electron chi connectivity index (χ2n) is 3.90. The SMILES string of the molecule is [2H]C([2H])([2H])C([2H])([2H])c1cc(B(O)O)cc(C(C)(C)O)c1. The molecule has 1 aromatic rings. The third-order valence-corrected chi connectivity index (χ3v) is 2.10. The van der Waals surface area contributed by atoms with Crippen LogP contribution in [-0.2, 0) is 12.0 Å². The van der Waals surface area contributed by atoms with Crippen molar-refractivity contribution in [3.05, 3.63) is 29.3 Å². The summed E-state index contributed by atoms with van der Waals surface area (Å²) in [7, 11) is -1.89. The molecular weight excluding hydrogens is 191 g/mol. The Hall–Kier alpha value is -0.835. The van der Waals surface area contributed by atoms with Crippen molar-refractivity contribution in [3.63, 3.8) is 0 Å². The van der Waals surface area contributed by atoms with Gasteiger partial charge in [-0.05, 0) is 36.8 Å². The van der Waals surface area contributed by atoms with E-state index in [4.69, 9.17) is 6.85 Å². The Labute approximate surface area is 97.6 Å². The Bertz CT molecular complexity index is 494. The number of aryl methyl sites for hydroxylation is 1. The fraction of sp³-hybridized carbons (Fsp3) is 0.455. The molecule has 0 unspecified atom stereocenters. The Morgan fingerprint density at radius 3 is 2.53 bits per heavy atom. The first kappa shape index (κ1) is 6.68. The third kappa shape index (κ3) is 3.06. The summed E-state index contributed by atoms with van der Waals surface area (Å²) >= 11 is 0.